The molecule has 4 rings (SSSR count). The van der Waals surface area contributed by atoms with E-state index in [4.69, 9.17) is 16.3 Å². The van der Waals surface area contributed by atoms with Crippen LogP contribution in [0.4, 0.5) is 5.69 Å². The third kappa shape index (κ3) is 10.1. The third-order valence-corrected chi connectivity index (χ3v) is 9.91. The van der Waals surface area contributed by atoms with Crippen molar-refractivity contribution in [2.24, 2.45) is 5.92 Å². The highest BCUT2D eigenvalue weighted by Crippen LogP contribution is 2.28. The second-order valence-electron chi connectivity index (χ2n) is 11.4. The van der Waals surface area contributed by atoms with Gasteiger partial charge in [-0.2, -0.15) is 0 Å². The van der Waals surface area contributed by atoms with Crippen LogP contribution in [0.25, 0.3) is 0 Å². The van der Waals surface area contributed by atoms with E-state index in [0.29, 0.717) is 23.9 Å². The lowest BCUT2D eigenvalue weighted by molar-refractivity contribution is -0.140. The fourth-order valence-corrected chi connectivity index (χ4v) is 6.71. The van der Waals surface area contributed by atoms with E-state index in [2.05, 4.69) is 21.2 Å². The van der Waals surface area contributed by atoms with Crippen molar-refractivity contribution in [1.82, 2.24) is 10.2 Å². The molecule has 8 nitrogen and oxygen atoms in total. The first-order chi connectivity index (χ1) is 22.5. The molecule has 0 bridgehead atoms. The molecule has 1 N–H and O–H groups in total. The number of nitrogens with zero attached hydrogens (tertiary/aromatic N) is 2. The number of anilines is 1. The molecule has 0 aliphatic rings. The molecule has 0 aromatic heterocycles. The molecular weight excluding hydrogens is 702 g/mol. The van der Waals surface area contributed by atoms with Gasteiger partial charge in [-0.05, 0) is 84.6 Å². The quantitative estimate of drug-likeness (QED) is 0.140. The first kappa shape index (κ1) is 36.0. The lowest BCUT2D eigenvalue weighted by Crippen LogP contribution is -2.53. The van der Waals surface area contributed by atoms with Crippen LogP contribution in [0.3, 0.4) is 0 Å². The second-order valence-corrected chi connectivity index (χ2v) is 14.6. The molecule has 2 amide bonds. The zero-order chi connectivity index (χ0) is 34.0. The summed E-state index contributed by atoms with van der Waals surface area (Å²) in [6.45, 7) is 6.23. The predicted octanol–water partition coefficient (Wildman–Crippen LogP) is 7.11. The van der Waals surface area contributed by atoms with Gasteiger partial charge in [0, 0.05) is 29.0 Å². The number of ether oxygens (including phenoxy) is 1. The Kier molecular flexibility index (Phi) is 12.9. The highest BCUT2D eigenvalue weighted by molar-refractivity contribution is 9.10. The maximum atomic E-state index is 14.6. The van der Waals surface area contributed by atoms with Crippen LogP contribution in [0.1, 0.15) is 31.9 Å². The summed E-state index contributed by atoms with van der Waals surface area (Å²) in [6, 6.07) is 28.3. The summed E-state index contributed by atoms with van der Waals surface area (Å²) < 4.78 is 35.9. The maximum absolute atomic E-state index is 14.6. The van der Waals surface area contributed by atoms with E-state index < -0.39 is 28.5 Å². The number of benzene rings is 4. The fraction of sp³-hybridized carbons (Fsp3) is 0.278. The summed E-state index contributed by atoms with van der Waals surface area (Å²) in [5.74, 6) is -0.110. The molecule has 0 radical (unpaired) electrons. The minimum atomic E-state index is -4.25. The van der Waals surface area contributed by atoms with Gasteiger partial charge in [0.15, 0.2) is 0 Å². The number of rotatable bonds is 15. The molecule has 1 atom stereocenters. The molecular formula is C36H39BrClN3O5S. The van der Waals surface area contributed by atoms with Crippen molar-refractivity contribution in [2.75, 3.05) is 24.0 Å². The molecule has 0 spiro atoms. The second kappa shape index (κ2) is 16.8. The molecule has 4 aromatic carbocycles. The van der Waals surface area contributed by atoms with E-state index in [-0.39, 0.29) is 35.4 Å². The molecule has 4 aromatic rings. The standard InChI is InChI=1S/C36H39BrClN3O5S/c1-4-46-32-18-16-31(17-19-32)41(47(44,45)33-20-14-30(38)15-21-33)25-35(42)40(24-28-10-12-29(37)13-11-28)34(36(43)39-23-26(2)3)22-27-8-6-5-7-9-27/h5-21,26,34H,4,22-25H2,1-3H3,(H,39,43)/t34-/m0/s1. The molecule has 0 saturated heterocycles. The summed E-state index contributed by atoms with van der Waals surface area (Å²) in [5.41, 5.74) is 1.91. The minimum Gasteiger partial charge on any atom is -0.494 e. The highest BCUT2D eigenvalue weighted by Gasteiger charge is 2.34. The van der Waals surface area contributed by atoms with Gasteiger partial charge in [-0.1, -0.05) is 83.8 Å². The number of halogens is 2. The summed E-state index contributed by atoms with van der Waals surface area (Å²) in [7, 11) is -4.25. The van der Waals surface area contributed by atoms with E-state index in [1.165, 1.54) is 29.2 Å². The van der Waals surface area contributed by atoms with Gasteiger partial charge >= 0.3 is 0 Å². The number of hydrogen-bond donors (Lipinski definition) is 1. The van der Waals surface area contributed by atoms with Gasteiger partial charge in [0.25, 0.3) is 10.0 Å². The average molecular weight is 741 g/mol. The minimum absolute atomic E-state index is 0.0291. The van der Waals surface area contributed by atoms with Gasteiger partial charge in [-0.25, -0.2) is 8.42 Å². The van der Waals surface area contributed by atoms with Crippen molar-refractivity contribution in [3.05, 3.63) is 124 Å². The van der Waals surface area contributed by atoms with E-state index in [9.17, 15) is 18.0 Å². The Labute approximate surface area is 290 Å². The molecule has 0 aliphatic heterocycles. The number of carbonyl (C=O) groups is 2. The predicted molar refractivity (Wildman–Crippen MR) is 190 cm³/mol. The zero-order valence-corrected chi connectivity index (χ0v) is 29.8. The van der Waals surface area contributed by atoms with Gasteiger partial charge in [0.2, 0.25) is 11.8 Å². The largest absolute Gasteiger partial charge is 0.494 e. The van der Waals surface area contributed by atoms with Gasteiger partial charge < -0.3 is 15.0 Å². The van der Waals surface area contributed by atoms with Gasteiger partial charge in [-0.15, -0.1) is 0 Å². The number of carbonyl (C=O) groups excluding carboxylic acids is 2. The molecule has 47 heavy (non-hydrogen) atoms. The topological polar surface area (TPSA) is 96.0 Å². The lowest BCUT2D eigenvalue weighted by atomic mass is 10.0. The molecule has 0 unspecified atom stereocenters. The normalized spacial score (nSPS) is 12.0. The molecule has 0 heterocycles. The van der Waals surface area contributed by atoms with Crippen LogP contribution in [-0.2, 0) is 32.6 Å². The Hall–Kier alpha value is -3.86. The summed E-state index contributed by atoms with van der Waals surface area (Å²) in [5, 5.41) is 3.38. The molecule has 11 heteroatoms. The number of sulfonamides is 1. The van der Waals surface area contributed by atoms with E-state index in [1.54, 1.807) is 24.3 Å². The summed E-state index contributed by atoms with van der Waals surface area (Å²) >= 11 is 9.53. The van der Waals surface area contributed by atoms with Crippen molar-refractivity contribution in [1.29, 1.82) is 0 Å². The Morgan fingerprint density at radius 1 is 0.872 bits per heavy atom. The van der Waals surface area contributed by atoms with Gasteiger partial charge in [0.05, 0.1) is 17.2 Å². The van der Waals surface area contributed by atoms with Crippen molar-refractivity contribution in [3.8, 4) is 5.75 Å². The van der Waals surface area contributed by atoms with Crippen LogP contribution < -0.4 is 14.4 Å². The first-order valence-corrected chi connectivity index (χ1v) is 18.0. The van der Waals surface area contributed by atoms with Crippen LogP contribution in [0.15, 0.2) is 112 Å². The van der Waals surface area contributed by atoms with Crippen LogP contribution in [0, 0.1) is 5.92 Å². The smallest absolute Gasteiger partial charge is 0.264 e. The maximum Gasteiger partial charge on any atom is 0.264 e. The van der Waals surface area contributed by atoms with Crippen LogP contribution >= 0.6 is 27.5 Å². The van der Waals surface area contributed by atoms with Crippen LogP contribution in [0.5, 0.6) is 5.75 Å². The number of hydrogen-bond acceptors (Lipinski definition) is 5. The molecule has 0 aliphatic carbocycles. The lowest BCUT2D eigenvalue weighted by Gasteiger charge is -2.34. The van der Waals surface area contributed by atoms with Gasteiger partial charge in [-0.3, -0.25) is 13.9 Å². The first-order valence-electron chi connectivity index (χ1n) is 15.3. The molecule has 248 valence electrons. The number of amides is 2. The Bertz CT molecular complexity index is 1720. The Balaban J connectivity index is 1.79. The zero-order valence-electron chi connectivity index (χ0n) is 26.6. The van der Waals surface area contributed by atoms with E-state index >= 15 is 0 Å². The van der Waals surface area contributed by atoms with E-state index in [1.807, 2.05) is 75.4 Å². The summed E-state index contributed by atoms with van der Waals surface area (Å²) in [6.07, 6.45) is 0.236. The Morgan fingerprint density at radius 2 is 1.51 bits per heavy atom. The highest BCUT2D eigenvalue weighted by atomic mass is 79.9. The van der Waals surface area contributed by atoms with Gasteiger partial charge in [0.1, 0.15) is 18.3 Å². The SMILES string of the molecule is CCOc1ccc(N(CC(=O)N(Cc2ccc(Br)cc2)[C@@H](Cc2ccccc2)C(=O)NCC(C)C)S(=O)(=O)c2ccc(Cl)cc2)cc1. The monoisotopic (exact) mass is 739 g/mol. The molecule has 0 saturated carbocycles. The van der Waals surface area contributed by atoms with Crippen molar-refractivity contribution in [3.63, 3.8) is 0 Å². The molecule has 0 fully saturated rings. The third-order valence-electron chi connectivity index (χ3n) is 7.34. The van der Waals surface area contributed by atoms with Crippen molar-refractivity contribution in [2.45, 2.75) is 44.7 Å². The van der Waals surface area contributed by atoms with Crippen LogP contribution in [-0.4, -0.2) is 50.9 Å². The number of nitrogens with one attached hydrogen (secondary N) is 1. The van der Waals surface area contributed by atoms with Crippen LogP contribution in [0.2, 0.25) is 5.02 Å². The average Bonchev–Trinajstić information content (AvgIpc) is 3.06. The van der Waals surface area contributed by atoms with E-state index in [0.717, 1.165) is 19.9 Å². The fourth-order valence-electron chi connectivity index (χ4n) is 4.90. The summed E-state index contributed by atoms with van der Waals surface area (Å²) in [4.78, 5) is 29.9. The van der Waals surface area contributed by atoms with Crippen molar-refractivity contribution < 1.29 is 22.7 Å². The Morgan fingerprint density at radius 3 is 2.11 bits per heavy atom. The van der Waals surface area contributed by atoms with Crippen molar-refractivity contribution >= 4 is 55.1 Å².